The quantitative estimate of drug-likeness (QED) is 0.331. The molecule has 0 unspecified atom stereocenters. The average molecular weight is 503 g/mol. The van der Waals surface area contributed by atoms with Crippen molar-refractivity contribution >= 4 is 23.4 Å². The molecule has 8 nitrogen and oxygen atoms in total. The topological polar surface area (TPSA) is 104 Å². The second-order valence-corrected chi connectivity index (χ2v) is 8.55. The summed E-state index contributed by atoms with van der Waals surface area (Å²) in [6, 6.07) is 19.6. The van der Waals surface area contributed by atoms with Crippen LogP contribution in [-0.2, 0) is 14.3 Å². The van der Waals surface area contributed by atoms with E-state index in [0.29, 0.717) is 5.76 Å². The molecule has 1 aromatic heterocycles. The standard InChI is InChI=1S/C29H30N2O6/c1-18(2)28(33)37-26-23(35-5)16-17-30-25(26)27(32)31-19(3)29(34)36-20(4)24(21-12-8-6-9-13-21)22-14-10-7-11-15-22/h6-19H,1-5H3,(H,31,32)/t19-/m0/s1. The van der Waals surface area contributed by atoms with Crippen molar-refractivity contribution in [3.05, 3.63) is 95.5 Å². The van der Waals surface area contributed by atoms with Gasteiger partial charge in [0.15, 0.2) is 11.4 Å². The van der Waals surface area contributed by atoms with Gasteiger partial charge in [0, 0.05) is 17.8 Å². The highest BCUT2D eigenvalue weighted by molar-refractivity contribution is 5.99. The van der Waals surface area contributed by atoms with E-state index in [1.807, 2.05) is 60.7 Å². The maximum atomic E-state index is 13.0. The van der Waals surface area contributed by atoms with Gasteiger partial charge in [-0.1, -0.05) is 74.5 Å². The van der Waals surface area contributed by atoms with Gasteiger partial charge in [-0.2, -0.15) is 0 Å². The monoisotopic (exact) mass is 502 g/mol. The maximum Gasteiger partial charge on any atom is 0.333 e. The lowest BCUT2D eigenvalue weighted by molar-refractivity contribution is -0.141. The first-order chi connectivity index (χ1) is 17.7. The summed E-state index contributed by atoms with van der Waals surface area (Å²) >= 11 is 0. The molecule has 0 saturated carbocycles. The number of hydrogen-bond acceptors (Lipinski definition) is 7. The second-order valence-electron chi connectivity index (χ2n) is 8.55. The first-order valence-corrected chi connectivity index (χ1v) is 11.8. The molecule has 1 N–H and O–H groups in total. The van der Waals surface area contributed by atoms with Crippen LogP contribution in [0.15, 0.2) is 78.7 Å². The van der Waals surface area contributed by atoms with E-state index in [0.717, 1.165) is 16.7 Å². The Morgan fingerprint density at radius 1 is 0.838 bits per heavy atom. The largest absolute Gasteiger partial charge is 0.493 e. The van der Waals surface area contributed by atoms with Crippen molar-refractivity contribution < 1.29 is 28.6 Å². The number of allylic oxidation sites excluding steroid dienone is 1. The van der Waals surface area contributed by atoms with E-state index < -0.39 is 29.8 Å². The highest BCUT2D eigenvalue weighted by Gasteiger charge is 2.26. The van der Waals surface area contributed by atoms with Crippen molar-refractivity contribution in [1.82, 2.24) is 10.3 Å². The second kappa shape index (κ2) is 12.5. The zero-order valence-corrected chi connectivity index (χ0v) is 21.5. The van der Waals surface area contributed by atoms with Gasteiger partial charge in [-0.3, -0.25) is 9.59 Å². The molecule has 0 aliphatic carbocycles. The van der Waals surface area contributed by atoms with Crippen LogP contribution >= 0.6 is 0 Å². The van der Waals surface area contributed by atoms with E-state index in [9.17, 15) is 14.4 Å². The number of aromatic nitrogens is 1. The van der Waals surface area contributed by atoms with Gasteiger partial charge in [0.25, 0.3) is 5.91 Å². The number of nitrogens with one attached hydrogen (secondary N) is 1. The predicted molar refractivity (Wildman–Crippen MR) is 139 cm³/mol. The third kappa shape index (κ3) is 6.82. The fraction of sp³-hybridized carbons (Fsp3) is 0.241. The summed E-state index contributed by atoms with van der Waals surface area (Å²) < 4.78 is 16.3. The van der Waals surface area contributed by atoms with Crippen LogP contribution in [0.3, 0.4) is 0 Å². The Balaban J connectivity index is 1.83. The third-order valence-electron chi connectivity index (χ3n) is 5.41. The van der Waals surface area contributed by atoms with Crippen molar-refractivity contribution in [2.75, 3.05) is 7.11 Å². The molecule has 0 bridgehead atoms. The summed E-state index contributed by atoms with van der Waals surface area (Å²) in [6.45, 7) is 6.53. The number of carbonyl (C=O) groups is 3. The molecule has 192 valence electrons. The molecule has 1 atom stereocenters. The van der Waals surface area contributed by atoms with Crippen LogP contribution in [0.25, 0.3) is 5.57 Å². The summed E-state index contributed by atoms with van der Waals surface area (Å²) in [6.07, 6.45) is 1.35. The normalized spacial score (nSPS) is 11.3. The van der Waals surface area contributed by atoms with Crippen molar-refractivity contribution in [3.63, 3.8) is 0 Å². The molecule has 0 spiro atoms. The van der Waals surface area contributed by atoms with Gasteiger partial charge in [-0.05, 0) is 25.0 Å². The van der Waals surface area contributed by atoms with Crippen LogP contribution in [0, 0.1) is 5.92 Å². The SMILES string of the molecule is COc1ccnc(C(=O)N[C@@H](C)C(=O)OC(C)=C(c2ccccc2)c2ccccc2)c1OC(=O)C(C)C. The van der Waals surface area contributed by atoms with Crippen LogP contribution in [0.4, 0.5) is 0 Å². The number of pyridine rings is 1. The minimum Gasteiger partial charge on any atom is -0.493 e. The molecule has 0 aliphatic rings. The lowest BCUT2D eigenvalue weighted by Gasteiger charge is -2.18. The summed E-state index contributed by atoms with van der Waals surface area (Å²) in [7, 11) is 1.38. The molecule has 0 saturated heterocycles. The van der Waals surface area contributed by atoms with Crippen LogP contribution in [0.5, 0.6) is 11.5 Å². The number of carbonyl (C=O) groups excluding carboxylic acids is 3. The van der Waals surface area contributed by atoms with Gasteiger partial charge in [0.2, 0.25) is 5.75 Å². The number of methoxy groups -OCH3 is 1. The summed E-state index contributed by atoms with van der Waals surface area (Å²) in [4.78, 5) is 42.2. The highest BCUT2D eigenvalue weighted by Crippen LogP contribution is 2.31. The molecule has 0 fully saturated rings. The Morgan fingerprint density at radius 2 is 1.41 bits per heavy atom. The molecule has 0 aliphatic heterocycles. The highest BCUT2D eigenvalue weighted by atomic mass is 16.6. The van der Waals surface area contributed by atoms with Crippen molar-refractivity contribution in [1.29, 1.82) is 0 Å². The van der Waals surface area contributed by atoms with E-state index in [1.165, 1.54) is 26.3 Å². The van der Waals surface area contributed by atoms with Crippen molar-refractivity contribution in [2.24, 2.45) is 5.92 Å². The fourth-order valence-electron chi connectivity index (χ4n) is 3.47. The van der Waals surface area contributed by atoms with Crippen molar-refractivity contribution in [3.8, 4) is 11.5 Å². The Hall–Kier alpha value is -4.46. The molecule has 37 heavy (non-hydrogen) atoms. The summed E-state index contributed by atoms with van der Waals surface area (Å²) in [5.74, 6) is -1.95. The van der Waals surface area contributed by atoms with E-state index in [4.69, 9.17) is 14.2 Å². The van der Waals surface area contributed by atoms with Crippen LogP contribution < -0.4 is 14.8 Å². The van der Waals surface area contributed by atoms with Gasteiger partial charge in [-0.15, -0.1) is 0 Å². The average Bonchev–Trinajstić information content (AvgIpc) is 2.89. The Morgan fingerprint density at radius 3 is 1.92 bits per heavy atom. The van der Waals surface area contributed by atoms with E-state index in [2.05, 4.69) is 10.3 Å². The number of amides is 1. The number of nitrogens with zero attached hydrogens (tertiary/aromatic N) is 1. The molecule has 2 aromatic carbocycles. The fourth-order valence-corrected chi connectivity index (χ4v) is 3.47. The third-order valence-corrected chi connectivity index (χ3v) is 5.41. The number of ether oxygens (including phenoxy) is 3. The molecule has 1 heterocycles. The number of hydrogen-bond donors (Lipinski definition) is 1. The van der Waals surface area contributed by atoms with E-state index in [1.54, 1.807) is 20.8 Å². The minimum absolute atomic E-state index is 0.117. The molecule has 0 radical (unpaired) electrons. The molecular weight excluding hydrogens is 472 g/mol. The molecule has 8 heteroatoms. The molecule has 1 amide bonds. The first-order valence-electron chi connectivity index (χ1n) is 11.8. The number of benzene rings is 2. The van der Waals surface area contributed by atoms with Gasteiger partial charge < -0.3 is 19.5 Å². The van der Waals surface area contributed by atoms with Gasteiger partial charge >= 0.3 is 11.9 Å². The molecule has 3 rings (SSSR count). The van der Waals surface area contributed by atoms with Crippen LogP contribution in [0.1, 0.15) is 49.3 Å². The molecular formula is C29H30N2O6. The van der Waals surface area contributed by atoms with E-state index in [-0.39, 0.29) is 17.2 Å². The first kappa shape index (κ1) is 27.1. The smallest absolute Gasteiger partial charge is 0.333 e. The number of esters is 2. The Labute approximate surface area is 216 Å². The lowest BCUT2D eigenvalue weighted by Crippen LogP contribution is -2.40. The maximum absolute atomic E-state index is 13.0. The lowest BCUT2D eigenvalue weighted by atomic mass is 9.97. The zero-order chi connectivity index (χ0) is 26.9. The Kier molecular flexibility index (Phi) is 9.16. The zero-order valence-electron chi connectivity index (χ0n) is 21.5. The molecule has 3 aromatic rings. The minimum atomic E-state index is -1.03. The summed E-state index contributed by atoms with van der Waals surface area (Å²) in [5.41, 5.74) is 2.33. The van der Waals surface area contributed by atoms with Gasteiger partial charge in [0.05, 0.1) is 13.0 Å². The van der Waals surface area contributed by atoms with Crippen LogP contribution in [0.2, 0.25) is 0 Å². The predicted octanol–water partition coefficient (Wildman–Crippen LogP) is 4.79. The Bertz CT molecular complexity index is 1240. The van der Waals surface area contributed by atoms with E-state index >= 15 is 0 Å². The van der Waals surface area contributed by atoms with Gasteiger partial charge in [0.1, 0.15) is 11.8 Å². The van der Waals surface area contributed by atoms with Crippen molar-refractivity contribution in [2.45, 2.75) is 33.7 Å². The van der Waals surface area contributed by atoms with Crippen LogP contribution in [-0.4, -0.2) is 36.0 Å². The van der Waals surface area contributed by atoms with Gasteiger partial charge in [-0.25, -0.2) is 9.78 Å². The summed E-state index contributed by atoms with van der Waals surface area (Å²) in [5, 5.41) is 2.57. The number of rotatable bonds is 9.